The summed E-state index contributed by atoms with van der Waals surface area (Å²) in [4.78, 5) is 7.00. The Kier molecular flexibility index (Phi) is 20.0. The maximum absolute atomic E-state index is 11.4. The Hall–Kier alpha value is -3.34. The summed E-state index contributed by atoms with van der Waals surface area (Å²) in [5.74, 6) is 0.148. The van der Waals surface area contributed by atoms with Gasteiger partial charge in [0.05, 0.1) is 19.3 Å². The van der Waals surface area contributed by atoms with Gasteiger partial charge in [-0.1, -0.05) is 65.7 Å². The first-order valence-corrected chi connectivity index (χ1v) is 20.6. The van der Waals surface area contributed by atoms with Crippen LogP contribution < -0.4 is 10.6 Å². The molecule has 8 atom stereocenters. The molecule has 4 rings (SSSR count). The Morgan fingerprint density at radius 2 is 0.967 bits per heavy atom. The zero-order valence-electron chi connectivity index (χ0n) is 34.6. The van der Waals surface area contributed by atoms with E-state index in [1.165, 1.54) is 5.56 Å². The number of aliphatic hydroxyl groups is 10. The molecule has 3 aromatic rings. The minimum absolute atomic E-state index is 0.0367. The third-order valence-electron chi connectivity index (χ3n) is 11.0. The van der Waals surface area contributed by atoms with Crippen molar-refractivity contribution in [1.82, 2.24) is 25.3 Å². The Labute approximate surface area is 352 Å². The van der Waals surface area contributed by atoms with Crippen molar-refractivity contribution in [1.29, 1.82) is 0 Å². The summed E-state index contributed by atoms with van der Waals surface area (Å²) in [5, 5.41) is 127. The minimum Gasteiger partial charge on any atom is -0.507 e. The predicted molar refractivity (Wildman–Crippen MR) is 223 cm³/mol. The second kappa shape index (κ2) is 24.3. The highest BCUT2D eigenvalue weighted by molar-refractivity contribution is 5.44. The van der Waals surface area contributed by atoms with Crippen molar-refractivity contribution in [2.75, 3.05) is 59.0 Å². The van der Waals surface area contributed by atoms with Gasteiger partial charge in [-0.3, -0.25) is 20.0 Å². The highest BCUT2D eigenvalue weighted by atomic mass is 16.4. The number of nitrogens with one attached hydrogen (secondary N) is 2. The van der Waals surface area contributed by atoms with Crippen LogP contribution in [0.25, 0.3) is 0 Å². The lowest BCUT2D eigenvalue weighted by Gasteiger charge is -2.33. The Morgan fingerprint density at radius 1 is 0.533 bits per heavy atom. The average molecular weight is 846 g/mol. The molecule has 1 heterocycles. The number of aromatic hydroxyl groups is 2. The lowest BCUT2D eigenvalue weighted by Crippen LogP contribution is -2.51. The largest absolute Gasteiger partial charge is 0.507 e. The standard InChI is InChI=1S/C43H67N5O12/c1-27-15-30(19-44-21-34(51)39(56)40(57)35(52)25-49)37(54)32(17-27)23-46-9-6-10-47(12-14-48(13-11-46)22-29-7-4-3-5-8-29)24-33-18-28(2)16-31(38(33)55)20-45-43(60)42(59)41(58)36(53)26-50/h3-5,7-8,15-18,34-36,39-45,49-60H,6,9-14,19-26H2,1-2H3. The van der Waals surface area contributed by atoms with E-state index in [0.717, 1.165) is 62.4 Å². The molecule has 0 radical (unpaired) electrons. The lowest BCUT2D eigenvalue weighted by molar-refractivity contribution is -0.122. The average Bonchev–Trinajstić information content (AvgIpc) is 3.24. The molecule has 1 saturated heterocycles. The molecule has 14 N–H and O–H groups in total. The van der Waals surface area contributed by atoms with E-state index in [1.54, 1.807) is 6.07 Å². The van der Waals surface area contributed by atoms with Crippen LogP contribution >= 0.6 is 0 Å². The van der Waals surface area contributed by atoms with Crippen molar-refractivity contribution >= 4 is 0 Å². The Bertz CT molecular complexity index is 1730. The van der Waals surface area contributed by atoms with Crippen molar-refractivity contribution in [2.45, 2.75) is 102 Å². The van der Waals surface area contributed by atoms with Crippen molar-refractivity contribution in [3.05, 3.63) is 93.5 Å². The number of aryl methyl sites for hydroxylation is 2. The fraction of sp³-hybridized carbons (Fsp3) is 0.581. The highest BCUT2D eigenvalue weighted by Gasteiger charge is 2.31. The molecule has 336 valence electrons. The van der Waals surface area contributed by atoms with Crippen LogP contribution in [0.3, 0.4) is 0 Å². The molecule has 0 saturated carbocycles. The number of hydrogen-bond donors (Lipinski definition) is 14. The van der Waals surface area contributed by atoms with Crippen LogP contribution in [-0.2, 0) is 32.7 Å². The second-order valence-corrected chi connectivity index (χ2v) is 16.0. The summed E-state index contributed by atoms with van der Waals surface area (Å²) >= 11 is 0. The molecule has 0 amide bonds. The zero-order chi connectivity index (χ0) is 43.9. The van der Waals surface area contributed by atoms with E-state index < -0.39 is 62.2 Å². The van der Waals surface area contributed by atoms with Gasteiger partial charge in [0.15, 0.2) is 0 Å². The first-order chi connectivity index (χ1) is 28.6. The molecule has 0 aromatic heterocycles. The molecule has 1 aliphatic rings. The first kappa shape index (κ1) is 49.3. The lowest BCUT2D eigenvalue weighted by atomic mass is 10.0. The molecule has 0 aliphatic carbocycles. The van der Waals surface area contributed by atoms with Crippen LogP contribution in [0.4, 0.5) is 0 Å². The Morgan fingerprint density at radius 3 is 1.47 bits per heavy atom. The second-order valence-electron chi connectivity index (χ2n) is 16.0. The predicted octanol–water partition coefficient (Wildman–Crippen LogP) is -2.07. The van der Waals surface area contributed by atoms with Gasteiger partial charge in [-0.15, -0.1) is 0 Å². The number of nitrogens with zero attached hydrogens (tertiary/aromatic N) is 3. The summed E-state index contributed by atoms with van der Waals surface area (Å²) in [6, 6.07) is 17.7. The van der Waals surface area contributed by atoms with Gasteiger partial charge in [0.1, 0.15) is 54.4 Å². The van der Waals surface area contributed by atoms with E-state index in [0.29, 0.717) is 36.3 Å². The molecule has 17 nitrogen and oxygen atoms in total. The third kappa shape index (κ3) is 14.6. The third-order valence-corrected chi connectivity index (χ3v) is 11.0. The zero-order valence-corrected chi connectivity index (χ0v) is 34.6. The normalized spacial score (nSPS) is 19.3. The molecular formula is C43H67N5O12. The Balaban J connectivity index is 1.47. The van der Waals surface area contributed by atoms with E-state index in [1.807, 2.05) is 50.2 Å². The van der Waals surface area contributed by atoms with Crippen molar-refractivity contribution < 1.29 is 61.3 Å². The van der Waals surface area contributed by atoms with E-state index in [9.17, 15) is 51.1 Å². The molecule has 0 spiro atoms. The summed E-state index contributed by atoms with van der Waals surface area (Å²) in [6.45, 7) is 8.27. The van der Waals surface area contributed by atoms with Gasteiger partial charge in [-0.25, -0.2) is 0 Å². The quantitative estimate of drug-likeness (QED) is 0.0514. The molecule has 17 heteroatoms. The van der Waals surface area contributed by atoms with Gasteiger partial charge in [0.25, 0.3) is 0 Å². The van der Waals surface area contributed by atoms with E-state index in [2.05, 4.69) is 37.5 Å². The number of hydrogen-bond acceptors (Lipinski definition) is 17. The number of phenolic OH excluding ortho intramolecular Hbond substituents is 2. The van der Waals surface area contributed by atoms with Crippen LogP contribution in [0.5, 0.6) is 11.5 Å². The topological polar surface area (TPSA) is 277 Å². The van der Waals surface area contributed by atoms with Crippen LogP contribution in [0.1, 0.15) is 45.4 Å². The van der Waals surface area contributed by atoms with Gasteiger partial charge in [-0.05, 0) is 38.9 Å². The van der Waals surface area contributed by atoms with Crippen LogP contribution in [0.15, 0.2) is 54.6 Å². The minimum atomic E-state index is -1.79. The molecule has 3 aromatic carbocycles. The molecular weight excluding hydrogens is 778 g/mol. The van der Waals surface area contributed by atoms with E-state index >= 15 is 0 Å². The summed E-state index contributed by atoms with van der Waals surface area (Å²) in [5.41, 5.74) is 5.48. The van der Waals surface area contributed by atoms with Gasteiger partial charge in [0, 0.05) is 87.7 Å². The molecule has 0 bridgehead atoms. The monoisotopic (exact) mass is 845 g/mol. The molecule has 1 fully saturated rings. The van der Waals surface area contributed by atoms with Gasteiger partial charge >= 0.3 is 0 Å². The maximum atomic E-state index is 11.4. The fourth-order valence-electron chi connectivity index (χ4n) is 7.49. The summed E-state index contributed by atoms with van der Waals surface area (Å²) in [7, 11) is 0. The molecule has 1 aliphatic heterocycles. The van der Waals surface area contributed by atoms with Crippen molar-refractivity contribution in [3.63, 3.8) is 0 Å². The van der Waals surface area contributed by atoms with E-state index in [4.69, 9.17) is 10.2 Å². The molecule has 8 unspecified atom stereocenters. The van der Waals surface area contributed by atoms with Gasteiger partial charge in [-0.2, -0.15) is 0 Å². The van der Waals surface area contributed by atoms with E-state index in [-0.39, 0.29) is 31.1 Å². The van der Waals surface area contributed by atoms with Crippen LogP contribution in [0, 0.1) is 13.8 Å². The first-order valence-electron chi connectivity index (χ1n) is 20.6. The SMILES string of the molecule is Cc1cc(CNCC(O)C(O)C(O)C(O)CO)c(O)c(CN2CCCN(Cc3cc(C)cc(CNC(O)C(O)C(O)C(O)CO)c3O)CCN(Cc3ccccc3)CC2)c1. The van der Waals surface area contributed by atoms with Crippen molar-refractivity contribution in [2.24, 2.45) is 0 Å². The highest BCUT2D eigenvalue weighted by Crippen LogP contribution is 2.28. The van der Waals surface area contributed by atoms with Gasteiger partial charge < -0.3 is 66.6 Å². The fourth-order valence-corrected chi connectivity index (χ4v) is 7.49. The maximum Gasteiger partial charge on any atom is 0.134 e. The smallest absolute Gasteiger partial charge is 0.134 e. The number of aliphatic hydroxyl groups excluding tert-OH is 10. The van der Waals surface area contributed by atoms with Crippen LogP contribution in [0.2, 0.25) is 0 Å². The number of benzene rings is 3. The summed E-state index contributed by atoms with van der Waals surface area (Å²) in [6.07, 6.45) is -12.5. The number of phenols is 2. The van der Waals surface area contributed by atoms with Crippen LogP contribution in [-0.4, -0.2) is 184 Å². The summed E-state index contributed by atoms with van der Waals surface area (Å²) < 4.78 is 0. The van der Waals surface area contributed by atoms with Gasteiger partial charge in [0.2, 0.25) is 0 Å². The van der Waals surface area contributed by atoms with Crippen molar-refractivity contribution in [3.8, 4) is 11.5 Å². The molecule has 60 heavy (non-hydrogen) atoms. The number of rotatable bonds is 21.